The number of halogens is 3. The van der Waals surface area contributed by atoms with E-state index in [-0.39, 0.29) is 28.7 Å². The molecule has 0 heterocycles. The molecule has 27 heavy (non-hydrogen) atoms. The SMILES string of the molecule is CCOc1c(Cl)ccc(/C(=C\C(O)=C2CCC2)c2ccc(F)cc2P)c1F. The summed E-state index contributed by atoms with van der Waals surface area (Å²) < 4.78 is 34.1. The Morgan fingerprint density at radius 2 is 1.93 bits per heavy atom. The van der Waals surface area contributed by atoms with Crippen LogP contribution >= 0.6 is 20.8 Å². The average molecular weight is 409 g/mol. The van der Waals surface area contributed by atoms with Gasteiger partial charge in [0.15, 0.2) is 11.6 Å². The molecule has 1 saturated carbocycles. The van der Waals surface area contributed by atoms with Crippen molar-refractivity contribution in [2.24, 2.45) is 0 Å². The summed E-state index contributed by atoms with van der Waals surface area (Å²) >= 11 is 6.07. The molecule has 1 aliphatic carbocycles. The fraction of sp³-hybridized carbons (Fsp3) is 0.238. The first kappa shape index (κ1) is 19.9. The molecular weight excluding hydrogens is 389 g/mol. The van der Waals surface area contributed by atoms with Crippen LogP contribution in [-0.2, 0) is 0 Å². The first-order chi connectivity index (χ1) is 12.9. The molecule has 0 radical (unpaired) electrons. The molecule has 1 N–H and O–H groups in total. The predicted octanol–water partition coefficient (Wildman–Crippen LogP) is 5.95. The Morgan fingerprint density at radius 3 is 2.52 bits per heavy atom. The van der Waals surface area contributed by atoms with E-state index in [0.717, 1.165) is 24.8 Å². The van der Waals surface area contributed by atoms with Crippen molar-refractivity contribution in [2.75, 3.05) is 6.61 Å². The monoisotopic (exact) mass is 408 g/mol. The van der Waals surface area contributed by atoms with E-state index in [9.17, 15) is 9.50 Å². The van der Waals surface area contributed by atoms with Crippen LogP contribution in [-0.4, -0.2) is 11.7 Å². The Kier molecular flexibility index (Phi) is 6.18. The van der Waals surface area contributed by atoms with Gasteiger partial charge in [-0.1, -0.05) is 17.7 Å². The minimum atomic E-state index is -0.615. The molecule has 1 unspecified atom stereocenters. The van der Waals surface area contributed by atoms with Crippen LogP contribution in [0.1, 0.15) is 37.3 Å². The first-order valence-corrected chi connectivity index (χ1v) is 9.67. The molecule has 1 atom stereocenters. The number of allylic oxidation sites excluding steroid dienone is 2. The van der Waals surface area contributed by atoms with Gasteiger partial charge >= 0.3 is 0 Å². The van der Waals surface area contributed by atoms with Gasteiger partial charge in [0.1, 0.15) is 11.6 Å². The zero-order valence-electron chi connectivity index (χ0n) is 14.9. The van der Waals surface area contributed by atoms with E-state index in [2.05, 4.69) is 9.24 Å². The Hall–Kier alpha value is -1.90. The van der Waals surface area contributed by atoms with Crippen molar-refractivity contribution < 1.29 is 18.6 Å². The molecular formula is C21H20ClF2O2P. The standard InChI is InChI=1S/C21H20ClF2O2P/c1-2-26-21-17(22)9-8-15(20(21)24)16(11-18(25)12-4-3-5-12)14-7-6-13(23)10-19(14)27/h6-11,25H,2-5,27H2,1H3/b16-11-. The molecule has 2 aromatic rings. The maximum atomic E-state index is 15.2. The van der Waals surface area contributed by atoms with E-state index in [1.807, 2.05) is 0 Å². The van der Waals surface area contributed by atoms with Gasteiger partial charge in [-0.15, -0.1) is 9.24 Å². The number of benzene rings is 2. The van der Waals surface area contributed by atoms with Crippen LogP contribution in [0.3, 0.4) is 0 Å². The predicted molar refractivity (Wildman–Crippen MR) is 109 cm³/mol. The fourth-order valence-corrected chi connectivity index (χ4v) is 3.56. The zero-order valence-corrected chi connectivity index (χ0v) is 16.8. The number of rotatable bonds is 5. The van der Waals surface area contributed by atoms with Crippen LogP contribution in [0.15, 0.2) is 47.7 Å². The summed E-state index contributed by atoms with van der Waals surface area (Å²) in [6.07, 6.45) is 4.20. The molecule has 0 aromatic heterocycles. The summed E-state index contributed by atoms with van der Waals surface area (Å²) in [6.45, 7) is 2.01. The highest BCUT2D eigenvalue weighted by atomic mass is 35.5. The van der Waals surface area contributed by atoms with Gasteiger partial charge in [0, 0.05) is 5.56 Å². The van der Waals surface area contributed by atoms with Crippen molar-refractivity contribution in [3.8, 4) is 5.75 Å². The summed E-state index contributed by atoms with van der Waals surface area (Å²) in [6, 6.07) is 7.31. The summed E-state index contributed by atoms with van der Waals surface area (Å²) in [5.74, 6) is -0.921. The van der Waals surface area contributed by atoms with Gasteiger partial charge in [0.05, 0.1) is 11.6 Å². The zero-order chi connectivity index (χ0) is 19.6. The molecule has 3 rings (SSSR count). The Balaban J connectivity index is 2.22. The maximum Gasteiger partial charge on any atom is 0.174 e. The molecule has 2 aromatic carbocycles. The van der Waals surface area contributed by atoms with Crippen molar-refractivity contribution >= 4 is 31.7 Å². The molecule has 0 bridgehead atoms. The summed E-state index contributed by atoms with van der Waals surface area (Å²) in [5, 5.41) is 11.2. The Morgan fingerprint density at radius 1 is 1.22 bits per heavy atom. The molecule has 1 aliphatic rings. The van der Waals surface area contributed by atoms with Gasteiger partial charge in [0.2, 0.25) is 0 Å². The lowest BCUT2D eigenvalue weighted by Crippen LogP contribution is -2.07. The van der Waals surface area contributed by atoms with Gasteiger partial charge in [-0.3, -0.25) is 0 Å². The summed E-state index contributed by atoms with van der Waals surface area (Å²) in [5.41, 5.74) is 2.19. The topological polar surface area (TPSA) is 29.5 Å². The van der Waals surface area contributed by atoms with Crippen LogP contribution < -0.4 is 10.0 Å². The molecule has 1 fully saturated rings. The minimum absolute atomic E-state index is 0.0363. The molecule has 0 saturated heterocycles. The fourth-order valence-electron chi connectivity index (χ4n) is 2.95. The lowest BCUT2D eigenvalue weighted by molar-refractivity contribution is 0.321. The second-order valence-electron chi connectivity index (χ2n) is 6.30. The van der Waals surface area contributed by atoms with Gasteiger partial charge in [-0.05, 0) is 78.5 Å². The van der Waals surface area contributed by atoms with Gasteiger partial charge < -0.3 is 9.84 Å². The quantitative estimate of drug-likeness (QED) is 0.489. The van der Waals surface area contributed by atoms with E-state index >= 15 is 4.39 Å². The number of aliphatic hydroxyl groups excluding tert-OH is 1. The molecule has 0 aliphatic heterocycles. The van der Waals surface area contributed by atoms with Crippen LogP contribution in [0.2, 0.25) is 5.02 Å². The van der Waals surface area contributed by atoms with Gasteiger partial charge in [-0.25, -0.2) is 8.78 Å². The van der Waals surface area contributed by atoms with E-state index in [1.165, 1.54) is 24.3 Å². The summed E-state index contributed by atoms with van der Waals surface area (Å²) in [4.78, 5) is 0. The number of ether oxygens (including phenoxy) is 1. The molecule has 6 heteroatoms. The van der Waals surface area contributed by atoms with Crippen molar-refractivity contribution in [1.82, 2.24) is 0 Å². The third-order valence-electron chi connectivity index (χ3n) is 4.53. The molecule has 0 amide bonds. The highest BCUT2D eigenvalue weighted by molar-refractivity contribution is 7.27. The van der Waals surface area contributed by atoms with Crippen LogP contribution in [0.4, 0.5) is 8.78 Å². The van der Waals surface area contributed by atoms with Crippen molar-refractivity contribution in [3.05, 3.63) is 75.5 Å². The van der Waals surface area contributed by atoms with E-state index in [1.54, 1.807) is 19.1 Å². The van der Waals surface area contributed by atoms with Crippen LogP contribution in [0.5, 0.6) is 5.75 Å². The van der Waals surface area contributed by atoms with E-state index in [4.69, 9.17) is 16.3 Å². The normalized spacial score (nSPS) is 14.1. The number of aliphatic hydroxyl groups is 1. The maximum absolute atomic E-state index is 15.2. The highest BCUT2D eigenvalue weighted by Crippen LogP contribution is 2.37. The third-order valence-corrected chi connectivity index (χ3v) is 5.31. The Bertz CT molecular complexity index is 932. The van der Waals surface area contributed by atoms with Crippen molar-refractivity contribution in [3.63, 3.8) is 0 Å². The number of hydrogen-bond acceptors (Lipinski definition) is 2. The van der Waals surface area contributed by atoms with Crippen LogP contribution in [0, 0.1) is 11.6 Å². The lowest BCUT2D eigenvalue weighted by Gasteiger charge is -2.19. The molecule has 2 nitrogen and oxygen atoms in total. The first-order valence-electron chi connectivity index (χ1n) is 8.71. The second kappa shape index (κ2) is 8.41. The van der Waals surface area contributed by atoms with Gasteiger partial charge in [0.25, 0.3) is 0 Å². The van der Waals surface area contributed by atoms with Crippen molar-refractivity contribution in [2.45, 2.75) is 26.2 Å². The highest BCUT2D eigenvalue weighted by Gasteiger charge is 2.21. The minimum Gasteiger partial charge on any atom is -0.508 e. The smallest absolute Gasteiger partial charge is 0.174 e. The lowest BCUT2D eigenvalue weighted by atomic mass is 9.89. The third kappa shape index (κ3) is 4.17. The largest absolute Gasteiger partial charge is 0.508 e. The summed E-state index contributed by atoms with van der Waals surface area (Å²) in [7, 11) is 2.45. The second-order valence-corrected chi connectivity index (χ2v) is 7.33. The van der Waals surface area contributed by atoms with E-state index < -0.39 is 11.6 Å². The van der Waals surface area contributed by atoms with Crippen molar-refractivity contribution in [1.29, 1.82) is 0 Å². The molecule has 0 spiro atoms. The van der Waals surface area contributed by atoms with Gasteiger partial charge in [-0.2, -0.15) is 0 Å². The van der Waals surface area contributed by atoms with E-state index in [0.29, 0.717) is 16.4 Å². The molecule has 142 valence electrons. The average Bonchev–Trinajstić information content (AvgIpc) is 2.56. The number of hydrogen-bond donors (Lipinski definition) is 1. The van der Waals surface area contributed by atoms with Crippen LogP contribution in [0.25, 0.3) is 5.57 Å². The Labute approximate surface area is 164 Å².